The summed E-state index contributed by atoms with van der Waals surface area (Å²) in [4.78, 5) is 29.5. The van der Waals surface area contributed by atoms with E-state index in [9.17, 15) is 13.8 Å². The maximum atomic E-state index is 14.4. The Hall–Kier alpha value is -3.60. The molecule has 3 heterocycles. The van der Waals surface area contributed by atoms with Gasteiger partial charge in [0.2, 0.25) is 0 Å². The van der Waals surface area contributed by atoms with Crippen LogP contribution in [0.15, 0.2) is 69.7 Å². The molecule has 1 saturated carbocycles. The summed E-state index contributed by atoms with van der Waals surface area (Å²) in [5.41, 5.74) is 3.61. The molecule has 1 fully saturated rings. The Bertz CT molecular complexity index is 1910. The van der Waals surface area contributed by atoms with Gasteiger partial charge in [-0.05, 0) is 111 Å². The predicted octanol–water partition coefficient (Wildman–Crippen LogP) is 7.30. The second-order valence-electron chi connectivity index (χ2n) is 14.3. The van der Waals surface area contributed by atoms with E-state index in [0.717, 1.165) is 49.4 Å². The molecule has 0 saturated heterocycles. The van der Waals surface area contributed by atoms with Gasteiger partial charge in [0.15, 0.2) is 0 Å². The Kier molecular flexibility index (Phi) is 9.41. The average Bonchev–Trinajstić information content (AvgIpc) is 3.43. The molecule has 6 atom stereocenters. The molecule has 49 heavy (non-hydrogen) atoms. The highest BCUT2D eigenvalue weighted by molar-refractivity contribution is 7.92. The maximum absolute atomic E-state index is 14.4. The van der Waals surface area contributed by atoms with Gasteiger partial charge in [0, 0.05) is 36.2 Å². The number of aryl methyl sites for hydroxylation is 2. The number of benzene rings is 2. The summed E-state index contributed by atoms with van der Waals surface area (Å²) < 4.78 is 39.2. The van der Waals surface area contributed by atoms with Crippen LogP contribution >= 0.6 is 11.6 Å². The van der Waals surface area contributed by atoms with Crippen molar-refractivity contribution < 1.29 is 27.7 Å². The number of allylic oxidation sites excluding steroid dienone is 1. The Morgan fingerprint density at radius 2 is 2.04 bits per heavy atom. The molecule has 7 rings (SSSR count). The summed E-state index contributed by atoms with van der Waals surface area (Å²) >= 11 is 6.45. The third-order valence-electron chi connectivity index (χ3n) is 10.8. The van der Waals surface area contributed by atoms with E-state index in [0.29, 0.717) is 48.5 Å². The number of fused-ring (bicyclic) bond motifs is 4. The fraction of sp³-hybridized carbons (Fsp3) is 0.474. The fourth-order valence-electron chi connectivity index (χ4n) is 8.13. The van der Waals surface area contributed by atoms with Crippen molar-refractivity contribution in [3.63, 3.8) is 0 Å². The maximum Gasteiger partial charge on any atom is 0.286 e. The number of furan rings is 1. The van der Waals surface area contributed by atoms with E-state index in [4.69, 9.17) is 25.5 Å². The number of carbonyl (C=O) groups is 2. The normalized spacial score (nSPS) is 30.5. The molecule has 4 aliphatic rings. The lowest BCUT2D eigenvalue weighted by molar-refractivity contribution is 0.0131. The van der Waals surface area contributed by atoms with Crippen LogP contribution in [-0.2, 0) is 26.5 Å². The van der Waals surface area contributed by atoms with Crippen LogP contribution in [-0.4, -0.2) is 54.7 Å². The van der Waals surface area contributed by atoms with Crippen LogP contribution in [0.2, 0.25) is 5.02 Å². The minimum absolute atomic E-state index is 0.00147. The van der Waals surface area contributed by atoms with Gasteiger partial charge in [0.25, 0.3) is 11.8 Å². The molecule has 0 unspecified atom stereocenters. The average molecular weight is 706 g/mol. The van der Waals surface area contributed by atoms with E-state index in [2.05, 4.69) is 38.3 Å². The Labute approximate surface area is 293 Å². The van der Waals surface area contributed by atoms with Crippen LogP contribution in [0.5, 0.6) is 5.75 Å². The van der Waals surface area contributed by atoms with Gasteiger partial charge in [-0.1, -0.05) is 36.7 Å². The molecular weight excluding hydrogens is 662 g/mol. The van der Waals surface area contributed by atoms with Gasteiger partial charge in [-0.15, -0.1) is 4.36 Å². The molecule has 1 spiro atoms. The molecule has 1 N–H and O–H groups in total. The number of hydrogen-bond donors (Lipinski definition) is 1. The van der Waals surface area contributed by atoms with E-state index < -0.39 is 21.7 Å². The van der Waals surface area contributed by atoms with Gasteiger partial charge in [-0.2, -0.15) is 0 Å². The van der Waals surface area contributed by atoms with Crippen LogP contribution in [0, 0.1) is 24.7 Å². The van der Waals surface area contributed by atoms with Crippen molar-refractivity contribution in [2.45, 2.75) is 63.9 Å². The van der Waals surface area contributed by atoms with Crippen molar-refractivity contribution >= 4 is 39.0 Å². The van der Waals surface area contributed by atoms with Crippen molar-refractivity contribution in [3.05, 3.63) is 93.9 Å². The largest absolute Gasteiger partial charge is 0.490 e. The van der Waals surface area contributed by atoms with E-state index in [-0.39, 0.29) is 28.8 Å². The molecule has 2 aromatic carbocycles. The summed E-state index contributed by atoms with van der Waals surface area (Å²) in [5.74, 6) is 0.581. The second kappa shape index (κ2) is 13.6. The Morgan fingerprint density at radius 1 is 1.18 bits per heavy atom. The van der Waals surface area contributed by atoms with Crippen LogP contribution in [0.3, 0.4) is 0 Å². The zero-order chi connectivity index (χ0) is 34.3. The lowest BCUT2D eigenvalue weighted by atomic mass is 9.68. The lowest BCUT2D eigenvalue weighted by Crippen LogP contribution is -2.49. The second-order valence-corrected chi connectivity index (χ2v) is 16.8. The fourth-order valence-corrected chi connectivity index (χ4v) is 10.2. The summed E-state index contributed by atoms with van der Waals surface area (Å²) in [6.45, 7) is 5.67. The third-order valence-corrected chi connectivity index (χ3v) is 13.0. The van der Waals surface area contributed by atoms with Crippen LogP contribution < -0.4 is 14.4 Å². The number of methoxy groups -OCH3 is 1. The lowest BCUT2D eigenvalue weighted by Gasteiger charge is -2.46. The summed E-state index contributed by atoms with van der Waals surface area (Å²) in [6, 6.07) is 13.1. The molecule has 2 amide bonds. The van der Waals surface area contributed by atoms with Gasteiger partial charge < -0.3 is 18.8 Å². The first-order valence-electron chi connectivity index (χ1n) is 17.2. The van der Waals surface area contributed by atoms with Crippen LogP contribution in [0.25, 0.3) is 0 Å². The van der Waals surface area contributed by atoms with E-state index in [1.165, 1.54) is 17.4 Å². The van der Waals surface area contributed by atoms with Gasteiger partial charge in [-0.3, -0.25) is 14.3 Å². The number of anilines is 1. The number of hydrogen-bond acceptors (Lipinski definition) is 7. The quantitative estimate of drug-likeness (QED) is 0.285. The highest BCUT2D eigenvalue weighted by Crippen LogP contribution is 2.47. The smallest absolute Gasteiger partial charge is 0.286 e. The number of nitrogens with zero attached hydrogens (tertiary/aromatic N) is 2. The first-order chi connectivity index (χ1) is 23.5. The van der Waals surface area contributed by atoms with E-state index in [1.54, 1.807) is 26.2 Å². The molecule has 2 aliphatic carbocycles. The van der Waals surface area contributed by atoms with Gasteiger partial charge >= 0.3 is 0 Å². The van der Waals surface area contributed by atoms with E-state index in [1.807, 2.05) is 25.1 Å². The van der Waals surface area contributed by atoms with Crippen molar-refractivity contribution in [1.29, 1.82) is 0 Å². The Morgan fingerprint density at radius 3 is 2.80 bits per heavy atom. The number of nitrogens with one attached hydrogen (secondary N) is 1. The zero-order valence-electron chi connectivity index (χ0n) is 28.3. The van der Waals surface area contributed by atoms with Crippen molar-refractivity contribution in [2.75, 3.05) is 37.5 Å². The molecule has 11 heteroatoms. The monoisotopic (exact) mass is 705 g/mol. The van der Waals surface area contributed by atoms with Gasteiger partial charge in [0.1, 0.15) is 27.7 Å². The minimum atomic E-state index is -3.52. The highest BCUT2D eigenvalue weighted by Gasteiger charge is 2.44. The molecule has 260 valence electrons. The van der Waals surface area contributed by atoms with Crippen molar-refractivity contribution in [1.82, 2.24) is 4.72 Å². The van der Waals surface area contributed by atoms with Gasteiger partial charge in [0.05, 0.1) is 29.7 Å². The molecular formula is C38H44ClN3O6S. The number of rotatable bonds is 3. The Balaban J connectivity index is 1.31. The number of halogens is 1. The van der Waals surface area contributed by atoms with E-state index >= 15 is 0 Å². The zero-order valence-corrected chi connectivity index (χ0v) is 29.9. The van der Waals surface area contributed by atoms with Crippen LogP contribution in [0.1, 0.15) is 76.6 Å². The molecule has 1 aromatic heterocycles. The molecule has 2 aliphatic heterocycles. The van der Waals surface area contributed by atoms with Crippen LogP contribution in [0.4, 0.5) is 5.69 Å². The molecule has 0 radical (unpaired) electrons. The van der Waals surface area contributed by atoms with Gasteiger partial charge in [-0.25, -0.2) is 4.21 Å². The van der Waals surface area contributed by atoms with Crippen molar-refractivity contribution in [3.8, 4) is 5.75 Å². The molecule has 3 aromatic rings. The predicted molar refractivity (Wildman–Crippen MR) is 191 cm³/mol. The summed E-state index contributed by atoms with van der Waals surface area (Å²) in [5, 5.41) is 0.739. The SMILES string of the molecule is CO[C@H]1/C=C/C[C@H](C)C[S@@](=O)(NC(=O)c2coc(C)c2)=NC(=O)c2ccc3c(c2)N(C[C@@H]2CC[C@H]21)C[C@@]1(CCCc2cc(Cl)ccc21)CO3. The summed E-state index contributed by atoms with van der Waals surface area (Å²) in [7, 11) is -1.76. The topological polar surface area (TPSA) is 110 Å². The standard InChI is InChI=1S/C38H44ClN3O6S/c1-24-6-4-8-34(46-3)31-12-9-28(31)19-42-22-38(15-5-7-26-17-30(39)11-13-32(26)38)23-48-35-14-10-27(18-33(35)42)36(43)40-49(45,21-24)41-37(44)29-16-25(2)47-20-29/h4,8,10-11,13-14,16-18,20,24,28,31,34H,5-7,9,12,15,19,21-23H2,1-3H3,(H,40,41,43,44,45)/b8-4+/t24-,28-,31+,34-,38-,49-/m0/s1. The molecule has 9 nitrogen and oxygen atoms in total. The van der Waals surface area contributed by atoms with Crippen molar-refractivity contribution in [2.24, 2.45) is 22.1 Å². The first-order valence-corrected chi connectivity index (χ1v) is 19.3. The summed E-state index contributed by atoms with van der Waals surface area (Å²) in [6.07, 6.45) is 11.2. The number of ether oxygens (including phenoxy) is 2. The third kappa shape index (κ3) is 6.92. The number of carbonyl (C=O) groups excluding carboxylic acids is 2. The minimum Gasteiger partial charge on any atom is -0.490 e. The molecule has 2 bridgehead atoms. The number of amides is 2. The first kappa shape index (κ1) is 33.9. The highest BCUT2D eigenvalue weighted by atomic mass is 35.5.